The number of hydrogen-bond donors (Lipinski definition) is 4. The second kappa shape index (κ2) is 21.1. The lowest BCUT2D eigenvalue weighted by Crippen LogP contribution is -2.33. The van der Waals surface area contributed by atoms with Crippen LogP contribution in [-0.2, 0) is 32.6 Å². The van der Waals surface area contributed by atoms with Gasteiger partial charge in [-0.05, 0) is 115 Å². The monoisotopic (exact) mass is 933 g/mol. The molecule has 0 radical (unpaired) electrons. The summed E-state index contributed by atoms with van der Waals surface area (Å²) >= 11 is 0. The third-order valence-electron chi connectivity index (χ3n) is 10.9. The van der Waals surface area contributed by atoms with Crippen LogP contribution in [0.1, 0.15) is 55.6 Å². The van der Waals surface area contributed by atoms with E-state index in [-0.39, 0.29) is 23.0 Å². The van der Waals surface area contributed by atoms with Gasteiger partial charge in [-0.1, -0.05) is 12.1 Å². The number of quaternary nitrogens is 4. The topological polar surface area (TPSA) is 130 Å². The molecule has 0 unspecified atom stereocenters. The lowest BCUT2D eigenvalue weighted by molar-refractivity contribution is -0.884. The van der Waals surface area contributed by atoms with Gasteiger partial charge in [0.25, 0.3) is 0 Å². The summed E-state index contributed by atoms with van der Waals surface area (Å²) < 4.78 is 2.93. The molecule has 6 aromatic carbocycles. The zero-order chi connectivity index (χ0) is 50.3. The van der Waals surface area contributed by atoms with Crippen LogP contribution in [0.15, 0.2) is 129 Å². The molecule has 0 aromatic heterocycles. The van der Waals surface area contributed by atoms with Crippen LogP contribution in [0.5, 0.6) is 23.0 Å². The summed E-state index contributed by atoms with van der Waals surface area (Å²) in [6.45, 7) is 3.11. The first-order valence-corrected chi connectivity index (χ1v) is 23.2. The fraction of sp³-hybridized carbons (Fsp3) is 0.298. The highest BCUT2D eigenvalue weighted by Crippen LogP contribution is 2.35. The Labute approximate surface area is 409 Å². The molecular formula is C57H72N8O4+4. The van der Waals surface area contributed by atoms with Gasteiger partial charge < -0.3 is 38.4 Å². The van der Waals surface area contributed by atoms with E-state index in [1.54, 1.807) is 49.1 Å². The first-order valence-electron chi connectivity index (χ1n) is 23.2. The Bertz CT molecular complexity index is 2710. The average Bonchev–Trinajstić information content (AvgIpc) is 3.23. The van der Waals surface area contributed by atoms with E-state index >= 15 is 0 Å². The number of hydrogen-bond acceptors (Lipinski definition) is 8. The van der Waals surface area contributed by atoms with Gasteiger partial charge in [-0.25, -0.2) is 0 Å². The first-order chi connectivity index (χ1) is 32.2. The Kier molecular flexibility index (Phi) is 15.8. The van der Waals surface area contributed by atoms with Crippen molar-refractivity contribution in [1.29, 1.82) is 0 Å². The van der Waals surface area contributed by atoms with Gasteiger partial charge in [-0.3, -0.25) is 20.0 Å². The van der Waals surface area contributed by atoms with Crippen molar-refractivity contribution in [2.24, 2.45) is 20.0 Å². The molecule has 0 aliphatic heterocycles. The van der Waals surface area contributed by atoms with E-state index in [2.05, 4.69) is 84.6 Å². The van der Waals surface area contributed by atoms with E-state index in [0.29, 0.717) is 51.4 Å². The van der Waals surface area contributed by atoms with Gasteiger partial charge in [-0.15, -0.1) is 0 Å². The molecule has 6 rings (SSSR count). The molecule has 0 saturated carbocycles. The summed E-state index contributed by atoms with van der Waals surface area (Å²) in [5.74, 6) is 0.516. The Hall–Kier alpha value is -6.96. The third kappa shape index (κ3) is 16.1. The number of benzene rings is 6. The van der Waals surface area contributed by atoms with Crippen molar-refractivity contribution < 1.29 is 38.4 Å². The predicted octanol–water partition coefficient (Wildman–Crippen LogP) is 9.93. The quantitative estimate of drug-likeness (QED) is 0.0505. The lowest BCUT2D eigenvalue weighted by Gasteiger charge is -2.24. The zero-order valence-corrected chi connectivity index (χ0v) is 42.6. The van der Waals surface area contributed by atoms with Crippen molar-refractivity contribution in [2.45, 2.75) is 32.6 Å². The molecule has 12 nitrogen and oxygen atoms in total. The molecular weight excluding hydrogens is 861 g/mol. The van der Waals surface area contributed by atoms with E-state index in [9.17, 15) is 20.4 Å². The highest BCUT2D eigenvalue weighted by atomic mass is 16.3. The summed E-state index contributed by atoms with van der Waals surface area (Å²) in [6.07, 6.45) is 7.19. The summed E-state index contributed by atoms with van der Waals surface area (Å²) in [7, 11) is 25.5. The van der Waals surface area contributed by atoms with Gasteiger partial charge in [0.15, 0.2) is 0 Å². The zero-order valence-electron chi connectivity index (χ0n) is 42.6. The van der Waals surface area contributed by atoms with Crippen LogP contribution >= 0.6 is 0 Å². The Morgan fingerprint density at radius 1 is 0.304 bits per heavy atom. The van der Waals surface area contributed by atoms with Crippen LogP contribution < -0.4 is 0 Å². The highest BCUT2D eigenvalue weighted by Gasteiger charge is 2.16. The summed E-state index contributed by atoms with van der Waals surface area (Å²) in [4.78, 5) is 19.6. The minimum Gasteiger partial charge on any atom is -0.507 e. The van der Waals surface area contributed by atoms with E-state index < -0.39 is 0 Å². The molecule has 0 saturated heterocycles. The highest BCUT2D eigenvalue weighted by molar-refractivity contribution is 5.91. The maximum Gasteiger partial charge on any atom is 0.124 e. The van der Waals surface area contributed by atoms with Crippen molar-refractivity contribution in [3.63, 3.8) is 0 Å². The fourth-order valence-corrected chi connectivity index (χ4v) is 7.99. The Morgan fingerprint density at radius 2 is 0.536 bits per heavy atom. The number of aromatic hydroxyl groups is 4. The average molecular weight is 933 g/mol. The van der Waals surface area contributed by atoms with E-state index in [1.807, 2.05) is 84.9 Å². The van der Waals surface area contributed by atoms with Gasteiger partial charge in [0.2, 0.25) is 0 Å². The number of phenols is 4. The van der Waals surface area contributed by atoms with Crippen molar-refractivity contribution >= 4 is 47.6 Å². The number of phenolic OH excluding ortho intramolecular Hbond substituents is 4. The second-order valence-electron chi connectivity index (χ2n) is 22.2. The third-order valence-corrected chi connectivity index (χ3v) is 10.9. The van der Waals surface area contributed by atoms with Crippen LogP contribution in [0, 0.1) is 0 Å². The molecule has 360 valence electrons. The largest absolute Gasteiger partial charge is 0.507 e. The smallest absolute Gasteiger partial charge is 0.124 e. The van der Waals surface area contributed by atoms with Crippen molar-refractivity contribution in [3.05, 3.63) is 165 Å². The van der Waals surface area contributed by atoms with Gasteiger partial charge in [0.1, 0.15) is 49.2 Å². The summed E-state index contributed by atoms with van der Waals surface area (Å²) in [5, 5.41) is 43.5. The molecule has 0 bridgehead atoms. The second-order valence-corrected chi connectivity index (χ2v) is 22.2. The number of rotatable bonds is 18. The molecule has 0 amide bonds. The maximum atomic E-state index is 10.9. The minimum atomic E-state index is 0.125. The van der Waals surface area contributed by atoms with E-state index in [1.165, 1.54) is 0 Å². The first kappa shape index (κ1) is 51.4. The van der Waals surface area contributed by atoms with Crippen LogP contribution in [0.2, 0.25) is 0 Å². The standard InChI is InChI=1S/C57H68N8O4/c1-62(2,3)36-42-15-21-54(66)46(26-42)32-58-50-19-13-40(30-52(50)60-34-48-28-44(17-23-56(48)68)38-64(7,8)9)25-41-14-20-51(59-33-47-27-43(16-22-55(47)67)37-63(4,5)6)53(31-41)61-35-49-29-45(18-24-57(49)69)39-65(10,11)12/h13-24,26-35H,25,36-39H2,1-12H3/p+4. The maximum absolute atomic E-state index is 10.9. The normalized spacial score (nSPS) is 12.9. The molecule has 0 heterocycles. The lowest BCUT2D eigenvalue weighted by atomic mass is 10.0. The van der Waals surface area contributed by atoms with Crippen LogP contribution in [0.3, 0.4) is 0 Å². The number of nitrogens with zero attached hydrogens (tertiary/aromatic N) is 8. The molecule has 0 fully saturated rings. The van der Waals surface area contributed by atoms with Crippen molar-refractivity contribution in [1.82, 2.24) is 0 Å². The molecule has 0 atom stereocenters. The Morgan fingerprint density at radius 3 is 0.783 bits per heavy atom. The molecule has 12 heteroatoms. The van der Waals surface area contributed by atoms with Crippen LogP contribution in [0.4, 0.5) is 22.7 Å². The van der Waals surface area contributed by atoms with Gasteiger partial charge in [0, 0.05) is 69.4 Å². The van der Waals surface area contributed by atoms with Gasteiger partial charge in [-0.2, -0.15) is 0 Å². The molecule has 69 heavy (non-hydrogen) atoms. The SMILES string of the molecule is C[N+](C)(C)Cc1ccc(O)c(C=Nc2ccc(Cc3ccc(N=Cc4cc(C[N+](C)(C)C)ccc4O)c(N=Cc4cc(C[N+](C)(C)C)ccc4O)c3)cc2N=Cc2cc(C[N+](C)(C)C)ccc2O)c1. The fourth-order valence-electron chi connectivity index (χ4n) is 7.99. The van der Waals surface area contributed by atoms with E-state index in [4.69, 9.17) is 20.0 Å². The molecule has 0 spiro atoms. The molecule has 4 N–H and O–H groups in total. The van der Waals surface area contributed by atoms with Crippen LogP contribution in [0.25, 0.3) is 0 Å². The predicted molar refractivity (Wildman–Crippen MR) is 284 cm³/mol. The van der Waals surface area contributed by atoms with Gasteiger partial charge in [0.05, 0.1) is 107 Å². The van der Waals surface area contributed by atoms with E-state index in [0.717, 1.165) is 77.5 Å². The summed E-state index contributed by atoms with van der Waals surface area (Å²) in [5.41, 5.74) is 10.9. The minimum absolute atomic E-state index is 0.125. The van der Waals surface area contributed by atoms with Gasteiger partial charge >= 0.3 is 0 Å². The molecule has 6 aromatic rings. The Balaban J connectivity index is 1.40. The number of aliphatic imine (C=N–C) groups is 4. The van der Waals surface area contributed by atoms with Crippen LogP contribution in [-0.4, -0.2) is 148 Å². The van der Waals surface area contributed by atoms with Crippen molar-refractivity contribution in [3.8, 4) is 23.0 Å². The summed E-state index contributed by atoms with van der Waals surface area (Å²) in [6, 6.07) is 34.2. The molecule has 0 aliphatic carbocycles. The van der Waals surface area contributed by atoms with Crippen molar-refractivity contribution in [2.75, 3.05) is 84.6 Å². The molecule has 0 aliphatic rings.